The van der Waals surface area contributed by atoms with Crippen LogP contribution in [0.4, 0.5) is 5.69 Å². The summed E-state index contributed by atoms with van der Waals surface area (Å²) in [6.45, 7) is 0.741. The van der Waals surface area contributed by atoms with Crippen LogP contribution in [0.1, 0.15) is 15.9 Å². The Balaban J connectivity index is 1.74. The number of anilines is 1. The van der Waals surface area contributed by atoms with E-state index in [1.54, 1.807) is 6.20 Å². The standard InChI is InChI=1S/C18H14N2O/c21-18(20-10-9-13-5-2-4-8-17(13)20)15-11-14-6-1-3-7-16(14)19-12-15/h1-8,11-12H,9-10H2. The predicted octanol–water partition coefficient (Wildman–Crippen LogP) is 3.44. The van der Waals surface area contributed by atoms with Crippen molar-refractivity contribution in [2.75, 3.05) is 11.4 Å². The third-order valence-electron chi connectivity index (χ3n) is 3.97. The number of para-hydroxylation sites is 2. The first-order valence-corrected chi connectivity index (χ1v) is 7.07. The molecule has 0 saturated carbocycles. The zero-order valence-corrected chi connectivity index (χ0v) is 11.5. The molecule has 0 N–H and O–H groups in total. The summed E-state index contributed by atoms with van der Waals surface area (Å²) in [5.74, 6) is 0.0261. The third-order valence-corrected chi connectivity index (χ3v) is 3.97. The molecule has 0 aliphatic carbocycles. The summed E-state index contributed by atoms with van der Waals surface area (Å²) in [5.41, 5.74) is 3.82. The Labute approximate surface area is 122 Å². The molecule has 0 fully saturated rings. The van der Waals surface area contributed by atoms with E-state index >= 15 is 0 Å². The maximum Gasteiger partial charge on any atom is 0.259 e. The smallest absolute Gasteiger partial charge is 0.259 e. The fourth-order valence-electron chi connectivity index (χ4n) is 2.89. The second-order valence-corrected chi connectivity index (χ2v) is 5.25. The Kier molecular flexibility index (Phi) is 2.71. The van der Waals surface area contributed by atoms with E-state index in [0.29, 0.717) is 5.56 Å². The summed E-state index contributed by atoms with van der Waals surface area (Å²) < 4.78 is 0. The summed E-state index contributed by atoms with van der Waals surface area (Å²) in [6, 6.07) is 17.9. The summed E-state index contributed by atoms with van der Waals surface area (Å²) in [7, 11) is 0. The van der Waals surface area contributed by atoms with Gasteiger partial charge in [-0.05, 0) is 30.2 Å². The van der Waals surface area contributed by atoms with Gasteiger partial charge in [-0.15, -0.1) is 0 Å². The van der Waals surface area contributed by atoms with Crippen LogP contribution in [0.15, 0.2) is 60.8 Å². The van der Waals surface area contributed by atoms with Crippen molar-refractivity contribution >= 4 is 22.5 Å². The molecule has 2 aromatic carbocycles. The topological polar surface area (TPSA) is 33.2 Å². The van der Waals surface area contributed by atoms with E-state index in [0.717, 1.165) is 29.6 Å². The number of carbonyl (C=O) groups excluding carboxylic acids is 1. The predicted molar refractivity (Wildman–Crippen MR) is 83.6 cm³/mol. The van der Waals surface area contributed by atoms with Gasteiger partial charge in [0.15, 0.2) is 0 Å². The lowest BCUT2D eigenvalue weighted by atomic mass is 10.1. The number of hydrogen-bond acceptors (Lipinski definition) is 2. The molecule has 0 spiro atoms. The number of benzene rings is 2. The molecule has 3 aromatic rings. The van der Waals surface area contributed by atoms with E-state index < -0.39 is 0 Å². The number of carbonyl (C=O) groups is 1. The van der Waals surface area contributed by atoms with Gasteiger partial charge in [-0.2, -0.15) is 0 Å². The molecular formula is C18H14N2O. The molecule has 2 heterocycles. The molecule has 0 unspecified atom stereocenters. The van der Waals surface area contributed by atoms with Crippen LogP contribution >= 0.6 is 0 Å². The molecule has 21 heavy (non-hydrogen) atoms. The normalized spacial score (nSPS) is 13.4. The van der Waals surface area contributed by atoms with Gasteiger partial charge in [-0.1, -0.05) is 36.4 Å². The molecule has 0 radical (unpaired) electrons. The fourth-order valence-corrected chi connectivity index (χ4v) is 2.89. The first-order valence-electron chi connectivity index (χ1n) is 7.07. The van der Waals surface area contributed by atoms with Gasteiger partial charge in [-0.3, -0.25) is 9.78 Å². The first-order chi connectivity index (χ1) is 10.3. The van der Waals surface area contributed by atoms with Crippen LogP contribution in [0.5, 0.6) is 0 Å². The lowest BCUT2D eigenvalue weighted by molar-refractivity contribution is 0.0989. The van der Waals surface area contributed by atoms with Crippen molar-refractivity contribution in [2.45, 2.75) is 6.42 Å². The van der Waals surface area contributed by atoms with Crippen molar-refractivity contribution < 1.29 is 4.79 Å². The van der Waals surface area contributed by atoms with E-state index in [2.05, 4.69) is 11.1 Å². The number of pyridine rings is 1. The van der Waals surface area contributed by atoms with Gasteiger partial charge in [-0.25, -0.2) is 0 Å². The Morgan fingerprint density at radius 1 is 1.05 bits per heavy atom. The summed E-state index contributed by atoms with van der Waals surface area (Å²) in [4.78, 5) is 19.0. The van der Waals surface area contributed by atoms with Gasteiger partial charge in [0.1, 0.15) is 0 Å². The van der Waals surface area contributed by atoms with Crippen LogP contribution in [0.2, 0.25) is 0 Å². The van der Waals surface area contributed by atoms with E-state index in [1.165, 1.54) is 5.56 Å². The summed E-state index contributed by atoms with van der Waals surface area (Å²) >= 11 is 0. The van der Waals surface area contributed by atoms with Gasteiger partial charge in [0.05, 0.1) is 11.1 Å². The van der Waals surface area contributed by atoms with Crippen molar-refractivity contribution in [1.82, 2.24) is 4.98 Å². The zero-order valence-electron chi connectivity index (χ0n) is 11.5. The molecule has 1 amide bonds. The quantitative estimate of drug-likeness (QED) is 0.681. The molecule has 4 rings (SSSR count). The van der Waals surface area contributed by atoms with Crippen molar-refractivity contribution in [3.8, 4) is 0 Å². The molecule has 1 aliphatic heterocycles. The average molecular weight is 274 g/mol. The van der Waals surface area contributed by atoms with Gasteiger partial charge in [0.2, 0.25) is 0 Å². The van der Waals surface area contributed by atoms with Crippen LogP contribution in [0.3, 0.4) is 0 Å². The Bertz CT molecular complexity index is 841. The summed E-state index contributed by atoms with van der Waals surface area (Å²) in [5, 5.41) is 0.996. The number of amides is 1. The molecule has 1 aliphatic rings. The molecule has 1 aromatic heterocycles. The van der Waals surface area contributed by atoms with E-state index in [9.17, 15) is 4.79 Å². The number of fused-ring (bicyclic) bond motifs is 2. The van der Waals surface area contributed by atoms with Crippen LogP contribution in [0.25, 0.3) is 10.9 Å². The fraction of sp³-hybridized carbons (Fsp3) is 0.111. The SMILES string of the molecule is O=C(c1cnc2ccccc2c1)N1CCc2ccccc21. The van der Waals surface area contributed by atoms with Gasteiger partial charge in [0.25, 0.3) is 5.91 Å². The molecule has 0 atom stereocenters. The monoisotopic (exact) mass is 274 g/mol. The first kappa shape index (κ1) is 12.1. The van der Waals surface area contributed by atoms with Crippen molar-refractivity contribution in [2.24, 2.45) is 0 Å². The second-order valence-electron chi connectivity index (χ2n) is 5.25. The summed E-state index contributed by atoms with van der Waals surface area (Å²) in [6.07, 6.45) is 2.59. The zero-order chi connectivity index (χ0) is 14.2. The van der Waals surface area contributed by atoms with E-state index in [-0.39, 0.29) is 5.91 Å². The number of hydrogen-bond donors (Lipinski definition) is 0. The molecule has 3 heteroatoms. The molecule has 102 valence electrons. The highest BCUT2D eigenvalue weighted by Crippen LogP contribution is 2.29. The van der Waals surface area contributed by atoms with E-state index in [1.807, 2.05) is 53.4 Å². The Morgan fingerprint density at radius 2 is 1.86 bits per heavy atom. The van der Waals surface area contributed by atoms with Crippen molar-refractivity contribution in [1.29, 1.82) is 0 Å². The van der Waals surface area contributed by atoms with E-state index in [4.69, 9.17) is 0 Å². The lowest BCUT2D eigenvalue weighted by Crippen LogP contribution is -2.28. The van der Waals surface area contributed by atoms with Crippen LogP contribution < -0.4 is 4.90 Å². The maximum atomic E-state index is 12.7. The Hall–Kier alpha value is -2.68. The highest BCUT2D eigenvalue weighted by Gasteiger charge is 2.25. The van der Waals surface area contributed by atoms with Crippen LogP contribution in [0, 0.1) is 0 Å². The minimum atomic E-state index is 0.0261. The van der Waals surface area contributed by atoms with Gasteiger partial charge >= 0.3 is 0 Å². The Morgan fingerprint density at radius 3 is 2.81 bits per heavy atom. The maximum absolute atomic E-state index is 12.7. The van der Waals surface area contributed by atoms with Crippen molar-refractivity contribution in [3.05, 3.63) is 71.9 Å². The van der Waals surface area contributed by atoms with Crippen LogP contribution in [-0.2, 0) is 6.42 Å². The minimum Gasteiger partial charge on any atom is -0.308 e. The van der Waals surface area contributed by atoms with Crippen molar-refractivity contribution in [3.63, 3.8) is 0 Å². The average Bonchev–Trinajstić information content (AvgIpc) is 2.98. The third kappa shape index (κ3) is 1.98. The van der Waals surface area contributed by atoms with Gasteiger partial charge in [0, 0.05) is 23.8 Å². The molecule has 0 bridgehead atoms. The number of rotatable bonds is 1. The lowest BCUT2D eigenvalue weighted by Gasteiger charge is -2.17. The number of nitrogens with zero attached hydrogens (tertiary/aromatic N) is 2. The highest BCUT2D eigenvalue weighted by molar-refractivity contribution is 6.08. The molecule has 3 nitrogen and oxygen atoms in total. The number of aromatic nitrogens is 1. The second kappa shape index (κ2) is 4.70. The van der Waals surface area contributed by atoms with Gasteiger partial charge < -0.3 is 4.90 Å². The molecule has 0 saturated heterocycles. The molecular weight excluding hydrogens is 260 g/mol. The van der Waals surface area contributed by atoms with Crippen LogP contribution in [-0.4, -0.2) is 17.4 Å². The largest absolute Gasteiger partial charge is 0.308 e. The minimum absolute atomic E-state index is 0.0261. The highest BCUT2D eigenvalue weighted by atomic mass is 16.2.